The molecule has 7 nitrogen and oxygen atoms in total. The van der Waals surface area contributed by atoms with Crippen molar-refractivity contribution in [2.75, 3.05) is 13.6 Å². The van der Waals surface area contributed by atoms with Gasteiger partial charge in [0.15, 0.2) is 6.29 Å². The van der Waals surface area contributed by atoms with Gasteiger partial charge in [0.25, 0.3) is 0 Å². The number of likely N-dealkylation sites (N-methyl/N-ethyl adjacent to an activating group) is 1. The largest absolute Gasteiger partial charge is 0.392 e. The molecule has 5 unspecified atom stereocenters. The zero-order valence-corrected chi connectivity index (χ0v) is 29.0. The maximum atomic E-state index is 12.8. The predicted molar refractivity (Wildman–Crippen MR) is 193 cm³/mol. The molecule has 0 saturated carbocycles. The minimum Gasteiger partial charge on any atom is -0.392 e. The van der Waals surface area contributed by atoms with Crippen LogP contribution in [0.25, 0.3) is 11.1 Å². The van der Waals surface area contributed by atoms with Crippen molar-refractivity contribution in [2.24, 2.45) is 5.92 Å². The maximum Gasteiger partial charge on any atom is 0.240 e. The summed E-state index contributed by atoms with van der Waals surface area (Å²) in [6.45, 7) is 5.27. The first-order valence-electron chi connectivity index (χ1n) is 16.7. The van der Waals surface area contributed by atoms with E-state index in [1.165, 1.54) is 5.56 Å². The van der Waals surface area contributed by atoms with Crippen LogP contribution in [0.4, 0.5) is 0 Å². The van der Waals surface area contributed by atoms with E-state index in [1.807, 2.05) is 72.8 Å². The number of sulfonamides is 1. The molecule has 0 aliphatic carbocycles. The highest BCUT2D eigenvalue weighted by molar-refractivity contribution is 7.89. The second-order valence-corrected chi connectivity index (χ2v) is 14.6. The van der Waals surface area contributed by atoms with Crippen LogP contribution < -0.4 is 4.72 Å². The molecule has 2 N–H and O–H groups in total. The number of nitrogens with zero attached hydrogens (tertiary/aromatic N) is 1. The molecular weight excluding hydrogens is 633 g/mol. The van der Waals surface area contributed by atoms with Gasteiger partial charge in [-0.3, -0.25) is 4.90 Å². The van der Waals surface area contributed by atoms with Gasteiger partial charge in [-0.25, -0.2) is 13.1 Å². The molecule has 1 aliphatic heterocycles. The van der Waals surface area contributed by atoms with E-state index in [2.05, 4.69) is 60.8 Å². The van der Waals surface area contributed by atoms with Crippen LogP contribution in [0, 0.1) is 5.92 Å². The highest BCUT2D eigenvalue weighted by atomic mass is 32.2. The molecule has 1 heterocycles. The second-order valence-electron chi connectivity index (χ2n) is 12.8. The van der Waals surface area contributed by atoms with Crippen LogP contribution in [0.1, 0.15) is 60.1 Å². The lowest BCUT2D eigenvalue weighted by atomic mass is 9.89. The third-order valence-electron chi connectivity index (χ3n) is 9.47. The number of ether oxygens (including phenoxy) is 2. The quantitative estimate of drug-likeness (QED) is 0.140. The van der Waals surface area contributed by atoms with Crippen LogP contribution in [0.15, 0.2) is 138 Å². The Balaban J connectivity index is 1.24. The normalized spacial score (nSPS) is 20.3. The van der Waals surface area contributed by atoms with E-state index in [1.54, 1.807) is 30.3 Å². The molecule has 1 saturated heterocycles. The van der Waals surface area contributed by atoms with E-state index in [0.717, 1.165) is 33.4 Å². The first-order valence-corrected chi connectivity index (χ1v) is 18.2. The van der Waals surface area contributed by atoms with Crippen molar-refractivity contribution in [3.8, 4) is 11.1 Å². The summed E-state index contributed by atoms with van der Waals surface area (Å²) >= 11 is 0. The Labute approximate surface area is 290 Å². The number of nitrogens with one attached hydrogen (secondary N) is 1. The Morgan fingerprint density at radius 3 is 2.10 bits per heavy atom. The Morgan fingerprint density at radius 1 is 0.755 bits per heavy atom. The molecule has 8 heteroatoms. The summed E-state index contributed by atoms with van der Waals surface area (Å²) in [5, 5.41) is 9.63. The van der Waals surface area contributed by atoms with E-state index in [9.17, 15) is 13.5 Å². The minimum atomic E-state index is -3.63. The molecule has 0 aromatic heterocycles. The molecule has 0 radical (unpaired) electrons. The molecule has 5 atom stereocenters. The average Bonchev–Trinajstić information content (AvgIpc) is 3.15. The van der Waals surface area contributed by atoms with Gasteiger partial charge in [-0.15, -0.1) is 0 Å². The third-order valence-corrected chi connectivity index (χ3v) is 10.9. The third kappa shape index (κ3) is 8.36. The summed E-state index contributed by atoms with van der Waals surface area (Å²) in [6, 6.07) is 43.1. The molecule has 0 amide bonds. The zero-order chi connectivity index (χ0) is 34.4. The fourth-order valence-corrected chi connectivity index (χ4v) is 7.38. The van der Waals surface area contributed by atoms with E-state index in [0.29, 0.717) is 6.54 Å². The van der Waals surface area contributed by atoms with Crippen LogP contribution in [0.3, 0.4) is 0 Å². The molecule has 0 bridgehead atoms. The van der Waals surface area contributed by atoms with Crippen LogP contribution in [0.5, 0.6) is 0 Å². The average molecular weight is 677 g/mol. The number of aliphatic hydroxyl groups is 1. The van der Waals surface area contributed by atoms with Crippen molar-refractivity contribution < 1.29 is 23.0 Å². The summed E-state index contributed by atoms with van der Waals surface area (Å²) in [4.78, 5) is 2.57. The van der Waals surface area contributed by atoms with Gasteiger partial charge in [0.2, 0.25) is 10.0 Å². The summed E-state index contributed by atoms with van der Waals surface area (Å²) in [5.74, 6) is 0.0566. The van der Waals surface area contributed by atoms with Crippen LogP contribution in [-0.4, -0.2) is 38.1 Å². The monoisotopic (exact) mass is 676 g/mol. The van der Waals surface area contributed by atoms with Crippen molar-refractivity contribution >= 4 is 10.0 Å². The van der Waals surface area contributed by atoms with E-state index in [-0.39, 0.29) is 42.2 Å². The van der Waals surface area contributed by atoms with Crippen LogP contribution in [0.2, 0.25) is 0 Å². The summed E-state index contributed by atoms with van der Waals surface area (Å²) in [6.07, 6.45) is -0.950. The molecule has 1 fully saturated rings. The van der Waals surface area contributed by atoms with Gasteiger partial charge in [0.1, 0.15) is 0 Å². The fraction of sp³-hybridized carbons (Fsp3) is 0.268. The lowest BCUT2D eigenvalue weighted by molar-refractivity contribution is -0.276. The molecule has 1 aliphatic rings. The number of benzene rings is 5. The zero-order valence-electron chi connectivity index (χ0n) is 28.1. The van der Waals surface area contributed by atoms with Crippen molar-refractivity contribution in [1.29, 1.82) is 0 Å². The smallest absolute Gasteiger partial charge is 0.240 e. The number of hydrogen-bond acceptors (Lipinski definition) is 6. The summed E-state index contributed by atoms with van der Waals surface area (Å²) in [7, 11) is -1.49. The first kappa shape index (κ1) is 34.7. The lowest BCUT2D eigenvalue weighted by Crippen LogP contribution is -2.44. The Hall–Kier alpha value is -4.15. The molecular formula is C41H44N2O5S. The summed E-state index contributed by atoms with van der Waals surface area (Å²) in [5.41, 5.74) is 6.85. The van der Waals surface area contributed by atoms with Crippen molar-refractivity contribution in [2.45, 2.75) is 56.4 Å². The molecule has 5 aromatic rings. The highest BCUT2D eigenvalue weighted by Crippen LogP contribution is 2.43. The van der Waals surface area contributed by atoms with Gasteiger partial charge in [0.05, 0.1) is 23.7 Å². The SMILES string of the molecule is CC1C(CN(C)C(C)c2ccccc2)OC(c2cccc(-c3cccc(CNS(=O)(=O)c4ccccc4)c3)c2)OC1c1ccc(CO)cc1. The van der Waals surface area contributed by atoms with Crippen molar-refractivity contribution in [3.05, 3.63) is 161 Å². The van der Waals surface area contributed by atoms with Gasteiger partial charge in [-0.2, -0.15) is 0 Å². The Kier molecular flexibility index (Phi) is 11.0. The predicted octanol–water partition coefficient (Wildman–Crippen LogP) is 7.81. The Bertz CT molecular complexity index is 1920. The van der Waals surface area contributed by atoms with Gasteiger partial charge in [-0.1, -0.05) is 116 Å². The van der Waals surface area contributed by atoms with Gasteiger partial charge < -0.3 is 14.6 Å². The molecule has 6 rings (SSSR count). The standard InChI is InChI=1S/C41H44N2O5S/c1-29-39(27-43(3)30(2)33-13-6-4-7-14-33)47-41(48-40(29)34-22-20-31(28-44)21-23-34)37-17-11-16-36(25-37)35-15-10-12-32(24-35)26-42-49(45,46)38-18-8-5-9-19-38/h4-25,29-30,39-42,44H,26-28H2,1-3H3. The maximum absolute atomic E-state index is 12.8. The molecule has 49 heavy (non-hydrogen) atoms. The molecule has 0 spiro atoms. The summed E-state index contributed by atoms with van der Waals surface area (Å²) < 4.78 is 41.9. The number of rotatable bonds is 12. The molecule has 5 aromatic carbocycles. The number of aliphatic hydroxyl groups excluding tert-OH is 1. The topological polar surface area (TPSA) is 88.1 Å². The lowest BCUT2D eigenvalue weighted by Gasteiger charge is -2.43. The van der Waals surface area contributed by atoms with Gasteiger partial charge in [0, 0.05) is 30.6 Å². The van der Waals surface area contributed by atoms with Crippen LogP contribution >= 0.6 is 0 Å². The fourth-order valence-electron chi connectivity index (χ4n) is 6.34. The number of hydrogen-bond donors (Lipinski definition) is 2. The first-order chi connectivity index (χ1) is 23.7. The van der Waals surface area contributed by atoms with Crippen LogP contribution in [-0.2, 0) is 32.6 Å². The second kappa shape index (κ2) is 15.6. The van der Waals surface area contributed by atoms with Crippen molar-refractivity contribution in [1.82, 2.24) is 9.62 Å². The van der Waals surface area contributed by atoms with E-state index < -0.39 is 16.3 Å². The minimum absolute atomic E-state index is 0.00915. The van der Waals surface area contributed by atoms with Gasteiger partial charge >= 0.3 is 0 Å². The highest BCUT2D eigenvalue weighted by Gasteiger charge is 2.39. The van der Waals surface area contributed by atoms with Crippen molar-refractivity contribution in [3.63, 3.8) is 0 Å². The van der Waals surface area contributed by atoms with Gasteiger partial charge in [-0.05, 0) is 71.6 Å². The van der Waals surface area contributed by atoms with E-state index in [4.69, 9.17) is 9.47 Å². The Morgan fingerprint density at radius 2 is 1.41 bits per heavy atom. The van der Waals surface area contributed by atoms with E-state index >= 15 is 0 Å². The molecule has 254 valence electrons.